The number of oxazole rings is 1. The maximum absolute atomic E-state index is 6.07. The molecule has 20 heavy (non-hydrogen) atoms. The maximum atomic E-state index is 6.07. The molecule has 1 fully saturated rings. The van der Waals surface area contributed by atoms with E-state index in [1.807, 2.05) is 18.2 Å². The van der Waals surface area contributed by atoms with Gasteiger partial charge >= 0.3 is 0 Å². The molecule has 0 bridgehead atoms. The minimum absolute atomic E-state index is 0.103. The third-order valence-corrected chi connectivity index (χ3v) is 4.34. The molecule has 0 spiro atoms. The van der Waals surface area contributed by atoms with Gasteiger partial charge in [0.05, 0.1) is 7.11 Å². The highest BCUT2D eigenvalue weighted by atomic mass is 16.5. The third kappa shape index (κ3) is 2.29. The van der Waals surface area contributed by atoms with E-state index in [2.05, 4.69) is 12.2 Å². The number of hydrogen-bond donors (Lipinski definition) is 1. The van der Waals surface area contributed by atoms with Crippen molar-refractivity contribution in [2.45, 2.75) is 38.0 Å². The monoisotopic (exact) mass is 274 g/mol. The number of hydrogen-bond acceptors (Lipinski definition) is 4. The van der Waals surface area contributed by atoms with Crippen LogP contribution in [0.5, 0.6) is 5.75 Å². The summed E-state index contributed by atoms with van der Waals surface area (Å²) in [6.45, 7) is 4.32. The summed E-state index contributed by atoms with van der Waals surface area (Å²) in [7, 11) is 1.67. The van der Waals surface area contributed by atoms with E-state index in [0.717, 1.165) is 61.5 Å². The molecular formula is C16H22N2O2. The van der Waals surface area contributed by atoms with E-state index in [1.54, 1.807) is 7.11 Å². The van der Waals surface area contributed by atoms with Crippen LogP contribution in [0.2, 0.25) is 0 Å². The first-order chi connectivity index (χ1) is 9.77. The van der Waals surface area contributed by atoms with Crippen molar-refractivity contribution in [1.29, 1.82) is 0 Å². The minimum atomic E-state index is 0.103. The highest BCUT2D eigenvalue weighted by Gasteiger charge is 2.37. The van der Waals surface area contributed by atoms with E-state index < -0.39 is 0 Å². The topological polar surface area (TPSA) is 47.3 Å². The molecule has 4 heteroatoms. The summed E-state index contributed by atoms with van der Waals surface area (Å²) in [4.78, 5) is 4.76. The van der Waals surface area contributed by atoms with Crippen LogP contribution in [-0.4, -0.2) is 25.2 Å². The molecule has 1 aromatic heterocycles. The van der Waals surface area contributed by atoms with E-state index in [0.29, 0.717) is 0 Å². The van der Waals surface area contributed by atoms with E-state index in [9.17, 15) is 0 Å². The number of aromatic nitrogens is 1. The van der Waals surface area contributed by atoms with E-state index >= 15 is 0 Å². The fourth-order valence-corrected chi connectivity index (χ4v) is 3.22. The van der Waals surface area contributed by atoms with Gasteiger partial charge in [0.25, 0.3) is 0 Å². The molecule has 108 valence electrons. The Morgan fingerprint density at radius 1 is 1.35 bits per heavy atom. The zero-order valence-corrected chi connectivity index (χ0v) is 12.2. The smallest absolute Gasteiger partial charge is 0.201 e. The lowest BCUT2D eigenvalue weighted by atomic mass is 9.75. The van der Waals surface area contributed by atoms with Crippen LogP contribution in [0, 0.1) is 0 Å². The fourth-order valence-electron chi connectivity index (χ4n) is 3.22. The summed E-state index contributed by atoms with van der Waals surface area (Å²) in [5.41, 5.74) is 1.86. The zero-order chi connectivity index (χ0) is 14.0. The number of piperidine rings is 1. The summed E-state index contributed by atoms with van der Waals surface area (Å²) in [5.74, 6) is 1.73. The highest BCUT2D eigenvalue weighted by molar-refractivity contribution is 5.74. The quantitative estimate of drug-likeness (QED) is 0.929. The Labute approximate surface area is 119 Å². The molecule has 2 aromatic rings. The zero-order valence-electron chi connectivity index (χ0n) is 12.2. The molecule has 0 amide bonds. The summed E-state index contributed by atoms with van der Waals surface area (Å²) in [6, 6.07) is 5.82. The number of rotatable bonds is 4. The molecular weight excluding hydrogens is 252 g/mol. The fraction of sp³-hybridized carbons (Fsp3) is 0.562. The number of nitrogens with zero attached hydrogens (tertiary/aromatic N) is 1. The lowest BCUT2D eigenvalue weighted by Gasteiger charge is -2.34. The van der Waals surface area contributed by atoms with Crippen molar-refractivity contribution in [1.82, 2.24) is 10.3 Å². The van der Waals surface area contributed by atoms with Crippen LogP contribution in [0.1, 0.15) is 38.5 Å². The van der Waals surface area contributed by atoms with Gasteiger partial charge in [0.15, 0.2) is 5.58 Å². The van der Waals surface area contributed by atoms with Gasteiger partial charge in [-0.05, 0) is 44.5 Å². The second kappa shape index (κ2) is 5.44. The van der Waals surface area contributed by atoms with Gasteiger partial charge in [-0.15, -0.1) is 0 Å². The Morgan fingerprint density at radius 3 is 2.85 bits per heavy atom. The summed E-state index contributed by atoms with van der Waals surface area (Å²) < 4.78 is 11.3. The van der Waals surface area contributed by atoms with Crippen LogP contribution >= 0.6 is 0 Å². The largest absolute Gasteiger partial charge is 0.497 e. The van der Waals surface area contributed by atoms with Gasteiger partial charge in [0.1, 0.15) is 11.3 Å². The predicted octanol–water partition coefficient (Wildman–Crippen LogP) is 3.26. The maximum Gasteiger partial charge on any atom is 0.201 e. The molecule has 0 aliphatic carbocycles. The van der Waals surface area contributed by atoms with Gasteiger partial charge < -0.3 is 14.5 Å². The minimum Gasteiger partial charge on any atom is -0.497 e. The van der Waals surface area contributed by atoms with E-state index in [-0.39, 0.29) is 5.41 Å². The molecule has 0 radical (unpaired) electrons. The van der Waals surface area contributed by atoms with Crippen molar-refractivity contribution in [3.05, 3.63) is 24.1 Å². The number of methoxy groups -OCH3 is 1. The normalized spacial score (nSPS) is 18.3. The molecule has 3 rings (SSSR count). The van der Waals surface area contributed by atoms with Crippen molar-refractivity contribution in [2.75, 3.05) is 20.2 Å². The summed E-state index contributed by atoms with van der Waals surface area (Å²) in [5, 5.41) is 3.43. The Kier molecular flexibility index (Phi) is 3.66. The molecule has 1 aromatic carbocycles. The van der Waals surface area contributed by atoms with Crippen LogP contribution < -0.4 is 10.1 Å². The van der Waals surface area contributed by atoms with Gasteiger partial charge in [0.2, 0.25) is 5.89 Å². The molecule has 0 atom stereocenters. The first kappa shape index (κ1) is 13.4. The number of nitrogens with one attached hydrogen (secondary N) is 1. The van der Waals surface area contributed by atoms with Crippen molar-refractivity contribution in [3.8, 4) is 5.75 Å². The molecule has 1 aliphatic rings. The molecule has 2 heterocycles. The first-order valence-electron chi connectivity index (χ1n) is 7.43. The molecule has 0 unspecified atom stereocenters. The van der Waals surface area contributed by atoms with Gasteiger partial charge in [-0.3, -0.25) is 0 Å². The third-order valence-electron chi connectivity index (χ3n) is 4.34. The molecule has 1 aliphatic heterocycles. The van der Waals surface area contributed by atoms with Crippen LogP contribution in [0.3, 0.4) is 0 Å². The van der Waals surface area contributed by atoms with Crippen LogP contribution in [0.4, 0.5) is 0 Å². The number of benzene rings is 1. The Morgan fingerprint density at radius 2 is 2.15 bits per heavy atom. The van der Waals surface area contributed by atoms with Crippen molar-refractivity contribution in [3.63, 3.8) is 0 Å². The predicted molar refractivity (Wildman–Crippen MR) is 79.3 cm³/mol. The standard InChI is InChI=1S/C16H22N2O2/c1-3-6-16(7-9-17-10-8-16)15-18-13-11-12(19-2)4-5-14(13)20-15/h4-5,11,17H,3,6-10H2,1-2H3. The summed E-state index contributed by atoms with van der Waals surface area (Å²) >= 11 is 0. The summed E-state index contributed by atoms with van der Waals surface area (Å²) in [6.07, 6.45) is 4.50. The molecule has 1 saturated heterocycles. The average molecular weight is 274 g/mol. The van der Waals surface area contributed by atoms with E-state index in [1.165, 1.54) is 0 Å². The second-order valence-corrected chi connectivity index (χ2v) is 5.63. The number of fused-ring (bicyclic) bond motifs is 1. The van der Waals surface area contributed by atoms with Crippen molar-refractivity contribution in [2.24, 2.45) is 0 Å². The van der Waals surface area contributed by atoms with Crippen molar-refractivity contribution < 1.29 is 9.15 Å². The molecule has 0 saturated carbocycles. The second-order valence-electron chi connectivity index (χ2n) is 5.63. The van der Waals surface area contributed by atoms with Gasteiger partial charge in [0, 0.05) is 11.5 Å². The lowest BCUT2D eigenvalue weighted by Crippen LogP contribution is -2.40. The van der Waals surface area contributed by atoms with Gasteiger partial charge in [-0.25, -0.2) is 4.98 Å². The molecule has 1 N–H and O–H groups in total. The lowest BCUT2D eigenvalue weighted by molar-refractivity contribution is 0.234. The molecule has 4 nitrogen and oxygen atoms in total. The Balaban J connectivity index is 2.02. The number of ether oxygens (including phenoxy) is 1. The van der Waals surface area contributed by atoms with Crippen LogP contribution in [0.15, 0.2) is 22.6 Å². The average Bonchev–Trinajstić information content (AvgIpc) is 2.92. The van der Waals surface area contributed by atoms with E-state index in [4.69, 9.17) is 14.1 Å². The SMILES string of the molecule is CCCC1(c2nc3cc(OC)ccc3o2)CCNCC1. The first-order valence-corrected chi connectivity index (χ1v) is 7.43. The van der Waals surface area contributed by atoms with Gasteiger partial charge in [-0.1, -0.05) is 13.3 Å². The highest BCUT2D eigenvalue weighted by Crippen LogP contribution is 2.39. The van der Waals surface area contributed by atoms with Gasteiger partial charge in [-0.2, -0.15) is 0 Å². The van der Waals surface area contributed by atoms with Crippen molar-refractivity contribution >= 4 is 11.1 Å². The Hall–Kier alpha value is -1.55. The van der Waals surface area contributed by atoms with Crippen LogP contribution in [-0.2, 0) is 5.41 Å². The van der Waals surface area contributed by atoms with Crippen LogP contribution in [0.25, 0.3) is 11.1 Å². The Bertz CT molecular complexity index is 580.